The van der Waals surface area contributed by atoms with Crippen LogP contribution in [-0.2, 0) is 9.53 Å². The Bertz CT molecular complexity index is 758. The van der Waals surface area contributed by atoms with Crippen LogP contribution in [0, 0.1) is 0 Å². The van der Waals surface area contributed by atoms with Crippen molar-refractivity contribution in [3.05, 3.63) is 64.1 Å². The first-order chi connectivity index (χ1) is 12.6. The van der Waals surface area contributed by atoms with Gasteiger partial charge >= 0.3 is 5.97 Å². The van der Waals surface area contributed by atoms with Gasteiger partial charge in [0.25, 0.3) is 5.91 Å². The number of benzene rings is 2. The van der Waals surface area contributed by atoms with Crippen LogP contribution in [0.3, 0.4) is 0 Å². The van der Waals surface area contributed by atoms with Crippen molar-refractivity contribution in [3.8, 4) is 5.75 Å². The van der Waals surface area contributed by atoms with Crippen LogP contribution in [0.5, 0.6) is 5.75 Å². The van der Waals surface area contributed by atoms with Gasteiger partial charge in [0, 0.05) is 4.47 Å². The monoisotopic (exact) mass is 418 g/mol. The number of rotatable bonds is 8. The molecule has 2 aromatic rings. The van der Waals surface area contributed by atoms with Gasteiger partial charge in [-0.15, -0.1) is 0 Å². The molecule has 0 aromatic heterocycles. The number of nitrogens with one attached hydrogen (secondary N) is 1. The van der Waals surface area contributed by atoms with Crippen LogP contribution in [0.25, 0.3) is 0 Å². The fourth-order valence-electron chi connectivity index (χ4n) is 1.87. The molecular formula is C19H19BrN2O4. The van der Waals surface area contributed by atoms with Gasteiger partial charge in [0.1, 0.15) is 5.75 Å². The van der Waals surface area contributed by atoms with Crippen LogP contribution in [0.1, 0.15) is 29.3 Å². The SMILES string of the molecule is CCCOC(=O)c1ccc(OCC(=O)N/N=C/c2ccc(Br)cc2)cc1. The Morgan fingerprint density at radius 3 is 2.46 bits per heavy atom. The van der Waals surface area contributed by atoms with Gasteiger partial charge in [-0.2, -0.15) is 5.10 Å². The number of ether oxygens (including phenoxy) is 2. The van der Waals surface area contributed by atoms with Crippen molar-refractivity contribution in [2.24, 2.45) is 5.10 Å². The highest BCUT2D eigenvalue weighted by atomic mass is 79.9. The van der Waals surface area contributed by atoms with Crippen molar-refractivity contribution in [2.45, 2.75) is 13.3 Å². The lowest BCUT2D eigenvalue weighted by Crippen LogP contribution is -2.24. The normalized spacial score (nSPS) is 10.5. The van der Waals surface area contributed by atoms with Crippen molar-refractivity contribution < 1.29 is 19.1 Å². The summed E-state index contributed by atoms with van der Waals surface area (Å²) in [6.07, 6.45) is 2.31. The average Bonchev–Trinajstić information content (AvgIpc) is 2.66. The number of halogens is 1. The van der Waals surface area contributed by atoms with E-state index in [1.54, 1.807) is 30.5 Å². The van der Waals surface area contributed by atoms with E-state index in [2.05, 4.69) is 26.5 Å². The summed E-state index contributed by atoms with van der Waals surface area (Å²) >= 11 is 3.35. The van der Waals surface area contributed by atoms with Gasteiger partial charge in [-0.25, -0.2) is 10.2 Å². The minimum Gasteiger partial charge on any atom is -0.484 e. The molecule has 0 bridgehead atoms. The zero-order valence-electron chi connectivity index (χ0n) is 14.3. The van der Waals surface area contributed by atoms with Gasteiger partial charge in [0.2, 0.25) is 0 Å². The number of nitrogens with zero attached hydrogens (tertiary/aromatic N) is 1. The first-order valence-electron chi connectivity index (χ1n) is 8.06. The summed E-state index contributed by atoms with van der Waals surface area (Å²) in [4.78, 5) is 23.4. The van der Waals surface area contributed by atoms with E-state index in [1.807, 2.05) is 31.2 Å². The van der Waals surface area contributed by atoms with E-state index in [0.717, 1.165) is 16.5 Å². The lowest BCUT2D eigenvalue weighted by atomic mass is 10.2. The van der Waals surface area contributed by atoms with E-state index < -0.39 is 0 Å². The Hall–Kier alpha value is -2.67. The highest BCUT2D eigenvalue weighted by molar-refractivity contribution is 9.10. The maximum atomic E-state index is 11.7. The molecule has 0 aliphatic carbocycles. The van der Waals surface area contributed by atoms with E-state index >= 15 is 0 Å². The third-order valence-corrected chi connectivity index (χ3v) is 3.70. The maximum Gasteiger partial charge on any atom is 0.338 e. The van der Waals surface area contributed by atoms with E-state index in [9.17, 15) is 9.59 Å². The topological polar surface area (TPSA) is 77.0 Å². The highest BCUT2D eigenvalue weighted by Crippen LogP contribution is 2.13. The average molecular weight is 419 g/mol. The van der Waals surface area contributed by atoms with E-state index in [1.165, 1.54) is 0 Å². The largest absolute Gasteiger partial charge is 0.484 e. The molecule has 0 spiro atoms. The quantitative estimate of drug-likeness (QED) is 0.404. The van der Waals surface area contributed by atoms with Crippen LogP contribution < -0.4 is 10.2 Å². The number of hydrogen-bond donors (Lipinski definition) is 1. The lowest BCUT2D eigenvalue weighted by molar-refractivity contribution is -0.123. The Morgan fingerprint density at radius 2 is 1.81 bits per heavy atom. The molecule has 7 heteroatoms. The molecule has 1 N–H and O–H groups in total. The Balaban J connectivity index is 1.76. The number of amides is 1. The molecule has 0 unspecified atom stereocenters. The van der Waals surface area contributed by atoms with Gasteiger partial charge in [0.05, 0.1) is 18.4 Å². The molecule has 0 aliphatic rings. The van der Waals surface area contributed by atoms with Crippen molar-refractivity contribution in [2.75, 3.05) is 13.2 Å². The van der Waals surface area contributed by atoms with Crippen LogP contribution in [-0.4, -0.2) is 31.3 Å². The van der Waals surface area contributed by atoms with Gasteiger partial charge in [-0.3, -0.25) is 4.79 Å². The molecule has 136 valence electrons. The first-order valence-corrected chi connectivity index (χ1v) is 8.85. The molecular weight excluding hydrogens is 400 g/mol. The van der Waals surface area contributed by atoms with E-state index in [0.29, 0.717) is 17.9 Å². The lowest BCUT2D eigenvalue weighted by Gasteiger charge is -2.06. The molecule has 0 fully saturated rings. The van der Waals surface area contributed by atoms with Crippen LogP contribution in [0.15, 0.2) is 58.1 Å². The second-order valence-electron chi connectivity index (χ2n) is 5.29. The number of esters is 1. The van der Waals surface area contributed by atoms with Gasteiger partial charge in [0.15, 0.2) is 6.61 Å². The first kappa shape index (κ1) is 19.7. The van der Waals surface area contributed by atoms with Crippen molar-refractivity contribution in [1.29, 1.82) is 0 Å². The molecule has 0 radical (unpaired) electrons. The minimum atomic E-state index is -0.384. The highest BCUT2D eigenvalue weighted by Gasteiger charge is 2.07. The molecule has 2 aromatic carbocycles. The smallest absolute Gasteiger partial charge is 0.338 e. The van der Waals surface area contributed by atoms with E-state index in [4.69, 9.17) is 9.47 Å². The predicted molar refractivity (Wildman–Crippen MR) is 102 cm³/mol. The van der Waals surface area contributed by atoms with Crippen molar-refractivity contribution in [1.82, 2.24) is 5.43 Å². The molecule has 0 heterocycles. The summed E-state index contributed by atoms with van der Waals surface area (Å²) in [5.74, 6) is -0.285. The van der Waals surface area contributed by atoms with Crippen LogP contribution in [0.2, 0.25) is 0 Å². The summed E-state index contributed by atoms with van der Waals surface area (Å²) in [7, 11) is 0. The number of hydrazone groups is 1. The summed E-state index contributed by atoms with van der Waals surface area (Å²) < 4.78 is 11.4. The molecule has 0 atom stereocenters. The zero-order chi connectivity index (χ0) is 18.8. The standard InChI is InChI=1S/C19H19BrN2O4/c1-2-11-25-19(24)15-5-9-17(10-6-15)26-13-18(23)22-21-12-14-3-7-16(20)8-4-14/h3-10,12H,2,11,13H2,1H3,(H,22,23)/b21-12+. The fraction of sp³-hybridized carbons (Fsp3) is 0.211. The number of carbonyl (C=O) groups excluding carboxylic acids is 2. The fourth-order valence-corrected chi connectivity index (χ4v) is 2.14. The zero-order valence-corrected chi connectivity index (χ0v) is 15.9. The molecule has 2 rings (SSSR count). The van der Waals surface area contributed by atoms with Gasteiger partial charge in [-0.05, 0) is 48.4 Å². The van der Waals surface area contributed by atoms with Crippen molar-refractivity contribution in [3.63, 3.8) is 0 Å². The number of hydrogen-bond acceptors (Lipinski definition) is 5. The molecule has 0 aliphatic heterocycles. The summed E-state index contributed by atoms with van der Waals surface area (Å²) in [5.41, 5.74) is 3.69. The molecule has 1 amide bonds. The Kier molecular flexibility index (Phi) is 7.82. The Labute approximate surface area is 160 Å². The molecule has 6 nitrogen and oxygen atoms in total. The van der Waals surface area contributed by atoms with Gasteiger partial charge in [-0.1, -0.05) is 35.0 Å². The van der Waals surface area contributed by atoms with Crippen LogP contribution >= 0.6 is 15.9 Å². The third-order valence-electron chi connectivity index (χ3n) is 3.17. The van der Waals surface area contributed by atoms with Gasteiger partial charge < -0.3 is 9.47 Å². The van der Waals surface area contributed by atoms with Crippen LogP contribution in [0.4, 0.5) is 0 Å². The summed E-state index contributed by atoms with van der Waals surface area (Å²) in [5, 5.41) is 3.87. The third kappa shape index (κ3) is 6.68. The van der Waals surface area contributed by atoms with E-state index in [-0.39, 0.29) is 18.5 Å². The molecule has 0 saturated carbocycles. The second kappa shape index (κ2) is 10.4. The number of carbonyl (C=O) groups is 2. The maximum absolute atomic E-state index is 11.7. The Morgan fingerprint density at radius 1 is 1.12 bits per heavy atom. The van der Waals surface area contributed by atoms with Crippen molar-refractivity contribution >= 4 is 34.0 Å². The predicted octanol–water partition coefficient (Wildman–Crippen LogP) is 3.55. The summed E-state index contributed by atoms with van der Waals surface area (Å²) in [6, 6.07) is 13.9. The minimum absolute atomic E-state index is 0.183. The summed E-state index contributed by atoms with van der Waals surface area (Å²) in [6.45, 7) is 2.13. The molecule has 26 heavy (non-hydrogen) atoms. The molecule has 0 saturated heterocycles. The second-order valence-corrected chi connectivity index (χ2v) is 6.21.